The van der Waals surface area contributed by atoms with Crippen LogP contribution in [0.25, 0.3) is 44.7 Å². The molecule has 338 valence electrons. The van der Waals surface area contributed by atoms with Crippen LogP contribution in [0.3, 0.4) is 0 Å². The number of pyridine rings is 2. The highest BCUT2D eigenvalue weighted by Gasteiger charge is 2.46. The van der Waals surface area contributed by atoms with Crippen LogP contribution in [0.2, 0.25) is 0 Å². The number of halogens is 3. The van der Waals surface area contributed by atoms with Crippen molar-refractivity contribution in [1.82, 2.24) is 24.7 Å². The van der Waals surface area contributed by atoms with Crippen molar-refractivity contribution < 1.29 is 54.8 Å². The van der Waals surface area contributed by atoms with Crippen molar-refractivity contribution in [3.8, 4) is 22.5 Å². The first-order valence-corrected chi connectivity index (χ1v) is 22.0. The molecule has 1 aliphatic carbocycles. The number of furan rings is 2. The van der Waals surface area contributed by atoms with E-state index in [-0.39, 0.29) is 71.4 Å². The van der Waals surface area contributed by atoms with Gasteiger partial charge in [0.05, 0.1) is 37.1 Å². The highest BCUT2D eigenvalue weighted by atomic mass is 35.5. The fourth-order valence-corrected chi connectivity index (χ4v) is 8.68. The number of carbonyl (C=O) groups excluding carboxylic acids is 3. The minimum Gasteiger partial charge on any atom is -1.00 e. The van der Waals surface area contributed by atoms with Gasteiger partial charge in [-0.05, 0) is 106 Å². The number of aromatic nitrogens is 2. The van der Waals surface area contributed by atoms with Gasteiger partial charge in [0.25, 0.3) is 17.7 Å². The lowest BCUT2D eigenvalue weighted by Crippen LogP contribution is -3.00. The van der Waals surface area contributed by atoms with Gasteiger partial charge in [-0.2, -0.15) is 0 Å². The first-order chi connectivity index (χ1) is 30.1. The Morgan fingerprint density at radius 2 is 1.19 bits per heavy atom. The summed E-state index contributed by atoms with van der Waals surface area (Å²) < 4.78 is 38.7. The van der Waals surface area contributed by atoms with Crippen LogP contribution >= 0.6 is 0 Å². The number of piperazine rings is 2. The molecule has 3 aliphatic rings. The molecule has 6 aromatic rings. The van der Waals surface area contributed by atoms with Gasteiger partial charge in [0, 0.05) is 60.1 Å². The lowest BCUT2D eigenvalue weighted by molar-refractivity contribution is -0.667. The van der Waals surface area contributed by atoms with E-state index in [1.807, 2.05) is 37.8 Å². The molecule has 1 saturated carbocycles. The molecular formula is C49H55ClF2N6O6. The third kappa shape index (κ3) is 9.27. The van der Waals surface area contributed by atoms with Crippen LogP contribution < -0.4 is 17.7 Å². The Hall–Kier alpha value is -5.70. The molecule has 2 aromatic carbocycles. The van der Waals surface area contributed by atoms with E-state index in [9.17, 15) is 28.3 Å². The summed E-state index contributed by atoms with van der Waals surface area (Å²) in [5, 5.41) is 12.7. The number of rotatable bonds is 7. The first kappa shape index (κ1) is 46.3. The minimum atomic E-state index is -1.23. The van der Waals surface area contributed by atoms with E-state index in [0.717, 1.165) is 47.5 Å². The number of nitrogens with two attached hydrogens (primary N) is 1. The Kier molecular flexibility index (Phi) is 13.6. The molecule has 0 bridgehead atoms. The van der Waals surface area contributed by atoms with E-state index in [2.05, 4.69) is 26.1 Å². The summed E-state index contributed by atoms with van der Waals surface area (Å²) in [6.07, 6.45) is 1.87. The van der Waals surface area contributed by atoms with Crippen molar-refractivity contribution in [1.29, 1.82) is 0 Å². The van der Waals surface area contributed by atoms with Crippen molar-refractivity contribution in [3.05, 3.63) is 107 Å². The summed E-state index contributed by atoms with van der Waals surface area (Å²) in [5.41, 5.74) is 6.19. The number of benzene rings is 2. The minimum absolute atomic E-state index is 0. The fourth-order valence-electron chi connectivity index (χ4n) is 8.68. The van der Waals surface area contributed by atoms with Crippen LogP contribution in [0, 0.1) is 11.6 Å². The standard InChI is InChI=1S/C27H30FN3O4.C22H24FN3O2.ClH/c1-16(2)20-13-21(18-5-7-19(28)8-6-18)29-22-14-23(35-24(20)22)25(32)31-12-11-30(15-17(31)3)26(33)27(34)9-4-10-27;1-13(2)17-10-18(15-4-6-16(23)7-5-15)25-19-11-20(28-21(17)19)22(27)26-9-8-24-12-14(26)3;/h5-8,13-14,16-17,34H,4,9-12,15H2,1-3H3;4-7,10-11,13-14,24H,8-9,12H2,1-3H3;1H/t17-;14-;/m00./s1. The molecular weight excluding hydrogens is 842 g/mol. The predicted octanol–water partition coefficient (Wildman–Crippen LogP) is 4.51. The number of hydrogen-bond donors (Lipinski definition) is 2. The van der Waals surface area contributed by atoms with E-state index in [4.69, 9.17) is 18.8 Å². The second-order valence-corrected chi connectivity index (χ2v) is 17.8. The Balaban J connectivity index is 0.000000193. The molecule has 3 amide bonds. The number of aliphatic hydroxyl groups is 1. The third-order valence-corrected chi connectivity index (χ3v) is 12.6. The zero-order valence-corrected chi connectivity index (χ0v) is 37.8. The summed E-state index contributed by atoms with van der Waals surface area (Å²) in [5.74, 6) is -0.303. The van der Waals surface area contributed by atoms with Crippen molar-refractivity contribution >= 4 is 39.9 Å². The van der Waals surface area contributed by atoms with E-state index in [1.165, 1.54) is 24.3 Å². The van der Waals surface area contributed by atoms with Gasteiger partial charge in [-0.1, -0.05) is 27.7 Å². The Labute approximate surface area is 377 Å². The molecule has 15 heteroatoms. The zero-order chi connectivity index (χ0) is 44.7. The lowest BCUT2D eigenvalue weighted by Gasteiger charge is -2.44. The van der Waals surface area contributed by atoms with Gasteiger partial charge in [0.15, 0.2) is 22.7 Å². The summed E-state index contributed by atoms with van der Waals surface area (Å²) >= 11 is 0. The molecule has 2 aliphatic heterocycles. The molecule has 0 radical (unpaired) electrons. The maximum atomic E-state index is 13.4. The first-order valence-electron chi connectivity index (χ1n) is 22.0. The van der Waals surface area contributed by atoms with Gasteiger partial charge in [-0.3, -0.25) is 14.4 Å². The quantitative estimate of drug-likeness (QED) is 0.238. The molecule has 64 heavy (non-hydrogen) atoms. The van der Waals surface area contributed by atoms with E-state index in [1.54, 1.807) is 46.2 Å². The van der Waals surface area contributed by atoms with E-state index < -0.39 is 5.60 Å². The average Bonchev–Trinajstić information content (AvgIpc) is 3.90. The SMILES string of the molecule is CC(C)c1cc(-c2ccc(F)cc2)nc2cc(C(=O)N3CCN(C(=O)C4(O)CCC4)C[C@@H]3C)oc12.CC(C)c1cc(-c2ccc(F)cc2)nc2cc(C(=O)N3CC[NH2+]C[C@@H]3C)oc12.[Cl-]. The Bertz CT molecular complexity index is 2660. The maximum Gasteiger partial charge on any atom is 0.290 e. The van der Waals surface area contributed by atoms with Crippen LogP contribution in [-0.4, -0.2) is 104 Å². The number of fused-ring (bicyclic) bond motifs is 2. The highest BCUT2D eigenvalue weighted by Crippen LogP contribution is 2.36. The average molecular weight is 897 g/mol. The number of amides is 3. The zero-order valence-electron chi connectivity index (χ0n) is 37.0. The largest absolute Gasteiger partial charge is 1.00 e. The van der Waals surface area contributed by atoms with Gasteiger partial charge >= 0.3 is 0 Å². The summed E-state index contributed by atoms with van der Waals surface area (Å²) in [6, 6.07) is 19.7. The highest BCUT2D eigenvalue weighted by molar-refractivity contribution is 5.98. The second kappa shape index (κ2) is 18.8. The monoisotopic (exact) mass is 896 g/mol. The summed E-state index contributed by atoms with van der Waals surface area (Å²) in [4.78, 5) is 53.7. The summed E-state index contributed by atoms with van der Waals surface area (Å²) in [6.45, 7) is 15.8. The number of nitrogens with zero attached hydrogens (tertiary/aromatic N) is 5. The van der Waals surface area contributed by atoms with Crippen molar-refractivity contribution in [2.45, 2.75) is 90.3 Å². The molecule has 4 aromatic heterocycles. The van der Waals surface area contributed by atoms with Crippen LogP contribution in [0.15, 0.2) is 81.6 Å². The molecule has 3 N–H and O–H groups in total. The Morgan fingerprint density at radius 1 is 0.719 bits per heavy atom. The van der Waals surface area contributed by atoms with Gasteiger partial charge in [0.2, 0.25) is 0 Å². The number of hydrogen-bond acceptors (Lipinski definition) is 8. The maximum absolute atomic E-state index is 13.4. The molecule has 2 saturated heterocycles. The fraction of sp³-hybridized carbons (Fsp3) is 0.408. The molecule has 0 spiro atoms. The van der Waals surface area contributed by atoms with Gasteiger partial charge < -0.3 is 46.4 Å². The lowest BCUT2D eigenvalue weighted by atomic mass is 9.79. The van der Waals surface area contributed by atoms with E-state index in [0.29, 0.717) is 72.7 Å². The topological polar surface area (TPSA) is 150 Å². The van der Waals surface area contributed by atoms with E-state index >= 15 is 0 Å². The second-order valence-electron chi connectivity index (χ2n) is 17.8. The molecule has 0 unspecified atom stereocenters. The Morgan fingerprint density at radius 3 is 1.59 bits per heavy atom. The van der Waals surface area contributed by atoms with Gasteiger partial charge in [0.1, 0.15) is 28.3 Å². The van der Waals surface area contributed by atoms with Crippen LogP contribution in [0.1, 0.15) is 105 Å². The molecule has 2 atom stereocenters. The predicted molar refractivity (Wildman–Crippen MR) is 235 cm³/mol. The van der Waals surface area contributed by atoms with Crippen LogP contribution in [0.5, 0.6) is 0 Å². The van der Waals surface area contributed by atoms with Crippen molar-refractivity contribution in [2.75, 3.05) is 39.3 Å². The molecule has 3 fully saturated rings. The van der Waals surface area contributed by atoms with Crippen LogP contribution in [0.4, 0.5) is 8.78 Å². The smallest absolute Gasteiger partial charge is 0.290 e. The number of quaternary nitrogens is 1. The van der Waals surface area contributed by atoms with Gasteiger partial charge in [-0.15, -0.1) is 0 Å². The van der Waals surface area contributed by atoms with Crippen molar-refractivity contribution in [2.24, 2.45) is 0 Å². The molecule has 12 nitrogen and oxygen atoms in total. The normalized spacial score (nSPS) is 18.5. The number of carbonyl (C=O) groups is 3. The summed E-state index contributed by atoms with van der Waals surface area (Å²) in [7, 11) is 0. The van der Waals surface area contributed by atoms with Crippen molar-refractivity contribution in [3.63, 3.8) is 0 Å². The van der Waals surface area contributed by atoms with Crippen LogP contribution in [-0.2, 0) is 4.79 Å². The molecule has 9 rings (SSSR count). The van der Waals surface area contributed by atoms with Gasteiger partial charge in [-0.25, -0.2) is 18.7 Å². The molecule has 6 heterocycles. The third-order valence-electron chi connectivity index (χ3n) is 12.6.